The van der Waals surface area contributed by atoms with Crippen molar-refractivity contribution < 1.29 is 37.3 Å². The number of nitrogens with zero attached hydrogens (tertiary/aromatic N) is 1. The van der Waals surface area contributed by atoms with Gasteiger partial charge in [0.1, 0.15) is 19.3 Å². The van der Waals surface area contributed by atoms with Crippen molar-refractivity contribution >= 4 is 13.8 Å². The summed E-state index contributed by atoms with van der Waals surface area (Å²) in [7, 11) is 1.62. The summed E-state index contributed by atoms with van der Waals surface area (Å²) in [4.78, 5) is 22.9. The van der Waals surface area contributed by atoms with E-state index >= 15 is 0 Å². The molecule has 342 valence electrons. The van der Waals surface area contributed by atoms with Crippen LogP contribution >= 0.6 is 7.82 Å². The molecule has 0 aliphatic rings. The topological polar surface area (TPSA) is 91.3 Å². The highest BCUT2D eigenvalue weighted by Gasteiger charge is 2.26. The maximum absolute atomic E-state index is 12.7. The van der Waals surface area contributed by atoms with Crippen molar-refractivity contribution in [2.45, 2.75) is 187 Å². The van der Waals surface area contributed by atoms with Crippen LogP contribution in [0, 0.1) is 0 Å². The lowest BCUT2D eigenvalue weighted by atomic mass is 10.0. The SMILES string of the molecule is CC/C=C\C/C=C\C/C=C\C/C=C\C/C=C\C/C=C\CCC(=O)O[C@H](COCCCCCCCCCCCCCCCCCCCC)COP(=O)(O)OCC[N+](C)(C)C. The van der Waals surface area contributed by atoms with Crippen LogP contribution in [0.1, 0.15) is 181 Å². The predicted octanol–water partition coefficient (Wildman–Crippen LogP) is 14.3. The van der Waals surface area contributed by atoms with Crippen LogP contribution in [0.5, 0.6) is 0 Å². The van der Waals surface area contributed by atoms with Gasteiger partial charge in [0.05, 0.1) is 34.4 Å². The molecule has 1 N–H and O–H groups in total. The molecular formula is C50H91NO7P+. The maximum atomic E-state index is 12.7. The number of unbranched alkanes of at least 4 members (excludes halogenated alkanes) is 17. The Balaban J connectivity index is 4.32. The van der Waals surface area contributed by atoms with Gasteiger partial charge < -0.3 is 18.9 Å². The predicted molar refractivity (Wildman–Crippen MR) is 252 cm³/mol. The van der Waals surface area contributed by atoms with Crippen molar-refractivity contribution in [1.29, 1.82) is 0 Å². The maximum Gasteiger partial charge on any atom is 0.472 e. The van der Waals surface area contributed by atoms with Gasteiger partial charge in [-0.1, -0.05) is 196 Å². The van der Waals surface area contributed by atoms with E-state index in [1.54, 1.807) is 0 Å². The molecule has 8 nitrogen and oxygen atoms in total. The Morgan fingerprint density at radius 2 is 0.949 bits per heavy atom. The fourth-order valence-corrected chi connectivity index (χ4v) is 6.91. The Bertz CT molecular complexity index is 1170. The van der Waals surface area contributed by atoms with Crippen LogP contribution in [0.3, 0.4) is 0 Å². The molecule has 0 amide bonds. The second-order valence-electron chi connectivity index (χ2n) is 16.8. The highest BCUT2D eigenvalue weighted by molar-refractivity contribution is 7.47. The van der Waals surface area contributed by atoms with Crippen LogP contribution in [0.2, 0.25) is 0 Å². The van der Waals surface area contributed by atoms with Gasteiger partial charge in [0, 0.05) is 13.0 Å². The lowest BCUT2D eigenvalue weighted by Gasteiger charge is -2.24. The summed E-state index contributed by atoms with van der Waals surface area (Å²) in [5.41, 5.74) is 0. The number of hydrogen-bond donors (Lipinski definition) is 1. The Morgan fingerprint density at radius 1 is 0.542 bits per heavy atom. The number of allylic oxidation sites excluding steroid dienone is 12. The van der Waals surface area contributed by atoms with Gasteiger partial charge >= 0.3 is 13.8 Å². The number of carbonyl (C=O) groups is 1. The molecule has 0 bridgehead atoms. The van der Waals surface area contributed by atoms with E-state index in [-0.39, 0.29) is 26.2 Å². The summed E-state index contributed by atoms with van der Waals surface area (Å²) in [5, 5.41) is 0. The minimum absolute atomic E-state index is 0.0730. The average Bonchev–Trinajstić information content (AvgIpc) is 3.19. The first kappa shape index (κ1) is 56.9. The van der Waals surface area contributed by atoms with Gasteiger partial charge in [-0.2, -0.15) is 0 Å². The Morgan fingerprint density at radius 3 is 1.37 bits per heavy atom. The molecule has 0 fully saturated rings. The molecule has 2 atom stereocenters. The summed E-state index contributed by atoms with van der Waals surface area (Å²) >= 11 is 0. The third-order valence-electron chi connectivity index (χ3n) is 9.80. The number of quaternary nitrogens is 1. The number of phosphoric ester groups is 1. The average molecular weight is 849 g/mol. The van der Waals surface area contributed by atoms with Crippen LogP contribution in [0.25, 0.3) is 0 Å². The van der Waals surface area contributed by atoms with Gasteiger partial charge in [-0.25, -0.2) is 4.57 Å². The number of esters is 1. The molecule has 59 heavy (non-hydrogen) atoms. The van der Waals surface area contributed by atoms with Crippen molar-refractivity contribution in [3.8, 4) is 0 Å². The molecule has 0 heterocycles. The van der Waals surface area contributed by atoms with Gasteiger partial charge in [0.25, 0.3) is 0 Å². The van der Waals surface area contributed by atoms with Crippen molar-refractivity contribution in [2.75, 3.05) is 54.1 Å². The molecule has 0 aromatic carbocycles. The van der Waals surface area contributed by atoms with E-state index in [0.29, 0.717) is 24.1 Å². The monoisotopic (exact) mass is 849 g/mol. The van der Waals surface area contributed by atoms with Crippen LogP contribution < -0.4 is 0 Å². The first-order chi connectivity index (χ1) is 28.6. The van der Waals surface area contributed by atoms with E-state index in [0.717, 1.165) is 51.4 Å². The molecule has 0 spiro atoms. The Kier molecular flexibility index (Phi) is 41.1. The smallest absolute Gasteiger partial charge is 0.457 e. The molecule has 0 saturated heterocycles. The lowest BCUT2D eigenvalue weighted by molar-refractivity contribution is -0.870. The first-order valence-corrected chi connectivity index (χ1v) is 25.2. The van der Waals surface area contributed by atoms with Crippen LogP contribution in [0.15, 0.2) is 72.9 Å². The zero-order valence-corrected chi connectivity index (χ0v) is 39.6. The molecule has 9 heteroatoms. The van der Waals surface area contributed by atoms with Gasteiger partial charge in [-0.05, 0) is 51.4 Å². The second-order valence-corrected chi connectivity index (χ2v) is 18.2. The number of rotatable bonds is 43. The fourth-order valence-electron chi connectivity index (χ4n) is 6.17. The Labute approximate surface area is 363 Å². The van der Waals surface area contributed by atoms with E-state index in [4.69, 9.17) is 18.5 Å². The van der Waals surface area contributed by atoms with Crippen molar-refractivity contribution in [1.82, 2.24) is 0 Å². The molecule has 0 aliphatic carbocycles. The van der Waals surface area contributed by atoms with Gasteiger partial charge in [-0.3, -0.25) is 13.8 Å². The zero-order chi connectivity index (χ0) is 43.4. The standard InChI is InChI=1S/C50H90NO7P/c1-6-8-10-12-14-16-18-20-22-24-26-27-29-31-33-35-37-39-41-43-50(52)58-49(48-57-59(53,54)56-46-44-51(3,4)5)47-55-45-42-40-38-36-34-32-30-28-25-23-21-19-17-15-13-11-9-7-2/h8,10,14,16,20,22,26-27,31,33,37,39,49H,6-7,9,11-13,15,17-19,21,23-25,28-30,32,34-36,38,40-48H2,1-5H3/p+1/b10-8-,16-14-,22-20-,27-26-,33-31-,39-37-/t49-/m1/s1. The second kappa shape index (κ2) is 42.6. The van der Waals surface area contributed by atoms with Gasteiger partial charge in [-0.15, -0.1) is 0 Å². The molecular weight excluding hydrogens is 758 g/mol. The summed E-state index contributed by atoms with van der Waals surface area (Å²) < 4.78 is 35.0. The third kappa shape index (κ3) is 46.9. The number of phosphoric acid groups is 1. The van der Waals surface area contributed by atoms with Crippen LogP contribution in [-0.4, -0.2) is 75.6 Å². The number of carbonyl (C=O) groups excluding carboxylic acids is 1. The van der Waals surface area contributed by atoms with Crippen molar-refractivity contribution in [2.24, 2.45) is 0 Å². The number of ether oxygens (including phenoxy) is 2. The fraction of sp³-hybridized carbons (Fsp3) is 0.740. The molecule has 0 aromatic heterocycles. The van der Waals surface area contributed by atoms with Gasteiger partial charge in [0.15, 0.2) is 0 Å². The van der Waals surface area contributed by atoms with Crippen LogP contribution in [-0.2, 0) is 27.9 Å². The number of likely N-dealkylation sites (N-methyl/N-ethyl adjacent to an activating group) is 1. The minimum atomic E-state index is -4.30. The normalized spacial score (nSPS) is 14.3. The van der Waals surface area contributed by atoms with Crippen molar-refractivity contribution in [3.05, 3.63) is 72.9 Å². The number of hydrogen-bond acceptors (Lipinski definition) is 6. The summed E-state index contributed by atoms with van der Waals surface area (Å²) in [6.45, 7) is 5.41. The molecule has 1 unspecified atom stereocenters. The first-order valence-electron chi connectivity index (χ1n) is 23.7. The third-order valence-corrected chi connectivity index (χ3v) is 10.8. The minimum Gasteiger partial charge on any atom is -0.457 e. The molecule has 0 aliphatic heterocycles. The molecule has 0 aromatic rings. The van der Waals surface area contributed by atoms with Crippen molar-refractivity contribution in [3.63, 3.8) is 0 Å². The molecule has 0 rings (SSSR count). The zero-order valence-electron chi connectivity index (χ0n) is 38.7. The molecule has 0 radical (unpaired) electrons. The van der Waals surface area contributed by atoms with Crippen LogP contribution in [0.4, 0.5) is 0 Å². The lowest BCUT2D eigenvalue weighted by Crippen LogP contribution is -2.37. The largest absolute Gasteiger partial charge is 0.472 e. The van der Waals surface area contributed by atoms with E-state index in [2.05, 4.69) is 74.6 Å². The summed E-state index contributed by atoms with van der Waals surface area (Å²) in [6, 6.07) is 0. The van der Waals surface area contributed by atoms with E-state index in [1.807, 2.05) is 33.3 Å². The molecule has 0 saturated carbocycles. The quantitative estimate of drug-likeness (QED) is 0.0215. The van der Waals surface area contributed by atoms with E-state index < -0.39 is 19.9 Å². The van der Waals surface area contributed by atoms with Gasteiger partial charge in [0.2, 0.25) is 0 Å². The summed E-state index contributed by atoms with van der Waals surface area (Å²) in [5.74, 6) is -0.395. The van der Waals surface area contributed by atoms with E-state index in [1.165, 1.54) is 103 Å². The highest BCUT2D eigenvalue weighted by Crippen LogP contribution is 2.43. The summed E-state index contributed by atoms with van der Waals surface area (Å²) in [6.07, 6.45) is 55.3. The Hall–Kier alpha value is -2.06. The van der Waals surface area contributed by atoms with E-state index in [9.17, 15) is 14.3 Å². The highest BCUT2D eigenvalue weighted by atomic mass is 31.2.